The molecule has 0 radical (unpaired) electrons. The minimum absolute atomic E-state index is 0.164. The molecule has 2 heterocycles. The van der Waals surface area contributed by atoms with Crippen LogP contribution >= 0.6 is 0 Å². The summed E-state index contributed by atoms with van der Waals surface area (Å²) in [4.78, 5) is 43.4. The van der Waals surface area contributed by atoms with Crippen LogP contribution < -0.4 is 10.1 Å². The molecule has 2 fully saturated rings. The van der Waals surface area contributed by atoms with Crippen LogP contribution in [0.2, 0.25) is 0 Å². The molecule has 2 aromatic rings. The summed E-state index contributed by atoms with van der Waals surface area (Å²) < 4.78 is 5.39. The number of benzene rings is 1. The monoisotopic (exact) mass is 450 g/mol. The molecular weight excluding hydrogens is 420 g/mol. The summed E-state index contributed by atoms with van der Waals surface area (Å²) >= 11 is 0. The van der Waals surface area contributed by atoms with Gasteiger partial charge in [0.15, 0.2) is 0 Å². The molecule has 2 aliphatic rings. The van der Waals surface area contributed by atoms with E-state index in [-0.39, 0.29) is 28.9 Å². The van der Waals surface area contributed by atoms with Gasteiger partial charge in [0.25, 0.3) is 5.91 Å². The number of likely N-dealkylation sites (tertiary alicyclic amines) is 1. The minimum Gasteiger partial charge on any atom is -0.496 e. The number of carbonyl (C=O) groups excluding carboxylic acids is 3. The summed E-state index contributed by atoms with van der Waals surface area (Å²) in [6, 6.07) is 7.99. The maximum Gasteiger partial charge on any atom is 0.271 e. The average molecular weight is 451 g/mol. The van der Waals surface area contributed by atoms with Crippen molar-refractivity contribution in [2.75, 3.05) is 13.7 Å². The first-order chi connectivity index (χ1) is 15.7. The van der Waals surface area contributed by atoms with Crippen LogP contribution in [0, 0.1) is 22.7 Å². The zero-order valence-electron chi connectivity index (χ0n) is 19.3. The Morgan fingerprint density at radius 3 is 2.85 bits per heavy atom. The van der Waals surface area contributed by atoms with E-state index in [2.05, 4.69) is 16.4 Å². The van der Waals surface area contributed by atoms with E-state index in [9.17, 15) is 19.6 Å². The van der Waals surface area contributed by atoms with Gasteiger partial charge in [-0.15, -0.1) is 0 Å². The Balaban J connectivity index is 1.53. The number of aromatic nitrogens is 1. The van der Waals surface area contributed by atoms with Crippen LogP contribution in [0.3, 0.4) is 0 Å². The number of hydrogen-bond donors (Lipinski definition) is 2. The van der Waals surface area contributed by atoms with E-state index in [1.165, 1.54) is 0 Å². The molecule has 1 aromatic heterocycles. The standard InChI is InChI=1S/C25H30N4O4/c1-25(2)12-20(23(31)27-16(13-26)10-15-6-4-8-21(15)30)29(14-25)24(32)19-11-17-18(28-19)7-5-9-22(17)33-3/h5,7,9,11,15-16,20,28H,4,6,8,10,12,14H2,1-3H3,(H,27,31). The van der Waals surface area contributed by atoms with Gasteiger partial charge in [0.2, 0.25) is 5.91 Å². The van der Waals surface area contributed by atoms with Gasteiger partial charge in [-0.05, 0) is 49.3 Å². The molecule has 0 spiro atoms. The maximum absolute atomic E-state index is 13.5. The van der Waals surface area contributed by atoms with E-state index in [1.807, 2.05) is 32.0 Å². The van der Waals surface area contributed by atoms with E-state index in [0.29, 0.717) is 37.3 Å². The number of fused-ring (bicyclic) bond motifs is 1. The number of H-pyrrole nitrogens is 1. The van der Waals surface area contributed by atoms with E-state index in [0.717, 1.165) is 23.7 Å². The molecule has 3 atom stereocenters. The Kier molecular flexibility index (Phi) is 6.15. The van der Waals surface area contributed by atoms with Crippen molar-refractivity contribution in [3.05, 3.63) is 30.0 Å². The highest BCUT2D eigenvalue weighted by Gasteiger charge is 2.44. The van der Waals surface area contributed by atoms with Gasteiger partial charge in [-0.3, -0.25) is 14.4 Å². The van der Waals surface area contributed by atoms with Gasteiger partial charge in [0.05, 0.1) is 13.2 Å². The molecule has 1 saturated heterocycles. The Bertz CT molecular complexity index is 1130. The predicted molar refractivity (Wildman–Crippen MR) is 123 cm³/mol. The lowest BCUT2D eigenvalue weighted by Gasteiger charge is -2.25. The van der Waals surface area contributed by atoms with Crippen molar-refractivity contribution >= 4 is 28.5 Å². The number of carbonyl (C=O) groups is 3. The summed E-state index contributed by atoms with van der Waals surface area (Å²) in [6.45, 7) is 4.47. The molecule has 2 N–H and O–H groups in total. The summed E-state index contributed by atoms with van der Waals surface area (Å²) in [6.07, 6.45) is 2.97. The summed E-state index contributed by atoms with van der Waals surface area (Å²) in [7, 11) is 1.58. The number of nitrogens with zero attached hydrogens (tertiary/aromatic N) is 2. The zero-order valence-corrected chi connectivity index (χ0v) is 19.3. The second kappa shape index (κ2) is 8.89. The van der Waals surface area contributed by atoms with Gasteiger partial charge in [0.1, 0.15) is 29.3 Å². The van der Waals surface area contributed by atoms with Crippen LogP contribution in [0.1, 0.15) is 56.4 Å². The topological polar surface area (TPSA) is 115 Å². The highest BCUT2D eigenvalue weighted by Crippen LogP contribution is 2.36. The molecule has 1 aromatic carbocycles. The highest BCUT2D eigenvalue weighted by molar-refractivity contribution is 6.01. The van der Waals surface area contributed by atoms with Gasteiger partial charge >= 0.3 is 0 Å². The number of amides is 2. The number of rotatable bonds is 6. The molecule has 8 nitrogen and oxygen atoms in total. The molecule has 33 heavy (non-hydrogen) atoms. The summed E-state index contributed by atoms with van der Waals surface area (Å²) in [5.74, 6) is 0.0433. The fourth-order valence-electron chi connectivity index (χ4n) is 5.13. The van der Waals surface area contributed by atoms with Crippen LogP contribution in [0.4, 0.5) is 0 Å². The number of Topliss-reactive ketones (excluding diaryl/α,β-unsaturated/α-hetero) is 1. The SMILES string of the molecule is COc1cccc2[nH]c(C(=O)N3CC(C)(C)CC3C(=O)NC(C#N)CC3CCCC3=O)cc12. The number of methoxy groups -OCH3 is 1. The number of aromatic amines is 1. The molecule has 0 bridgehead atoms. The molecule has 4 rings (SSSR count). The molecule has 1 saturated carbocycles. The van der Waals surface area contributed by atoms with Crippen LogP contribution in [-0.4, -0.2) is 53.2 Å². The van der Waals surface area contributed by atoms with Crippen LogP contribution in [0.15, 0.2) is 24.3 Å². The lowest BCUT2D eigenvalue weighted by molar-refractivity contribution is -0.126. The van der Waals surface area contributed by atoms with Crippen molar-refractivity contribution in [1.29, 1.82) is 5.26 Å². The van der Waals surface area contributed by atoms with Crippen molar-refractivity contribution in [2.24, 2.45) is 11.3 Å². The van der Waals surface area contributed by atoms with E-state index >= 15 is 0 Å². The Labute approximate surface area is 193 Å². The van der Waals surface area contributed by atoms with E-state index in [4.69, 9.17) is 4.74 Å². The molecule has 2 amide bonds. The first kappa shape index (κ1) is 22.8. The molecule has 3 unspecified atom stereocenters. The molecule has 8 heteroatoms. The lowest BCUT2D eigenvalue weighted by atomic mass is 9.90. The zero-order chi connectivity index (χ0) is 23.8. The lowest BCUT2D eigenvalue weighted by Crippen LogP contribution is -2.49. The van der Waals surface area contributed by atoms with Gasteiger partial charge < -0.3 is 19.9 Å². The van der Waals surface area contributed by atoms with E-state index < -0.39 is 12.1 Å². The number of ether oxygens (including phenoxy) is 1. The summed E-state index contributed by atoms with van der Waals surface area (Å²) in [5, 5.41) is 13.2. The first-order valence-electron chi connectivity index (χ1n) is 11.4. The number of nitriles is 1. The quantitative estimate of drug-likeness (QED) is 0.701. The minimum atomic E-state index is -0.748. The third kappa shape index (κ3) is 4.58. The Morgan fingerprint density at radius 2 is 2.18 bits per heavy atom. The fourth-order valence-corrected chi connectivity index (χ4v) is 5.13. The third-order valence-corrected chi connectivity index (χ3v) is 6.78. The van der Waals surface area contributed by atoms with Gasteiger partial charge in [0, 0.05) is 29.8 Å². The maximum atomic E-state index is 13.5. The van der Waals surface area contributed by atoms with Crippen molar-refractivity contribution < 1.29 is 19.1 Å². The normalized spacial score (nSPS) is 22.8. The van der Waals surface area contributed by atoms with Crippen LogP contribution in [0.5, 0.6) is 5.75 Å². The van der Waals surface area contributed by atoms with Crippen molar-refractivity contribution in [3.63, 3.8) is 0 Å². The van der Waals surface area contributed by atoms with Gasteiger partial charge in [-0.25, -0.2) is 0 Å². The molecule has 1 aliphatic heterocycles. The smallest absolute Gasteiger partial charge is 0.271 e. The molecular formula is C25H30N4O4. The highest BCUT2D eigenvalue weighted by atomic mass is 16.5. The van der Waals surface area contributed by atoms with E-state index in [1.54, 1.807) is 18.1 Å². The molecule has 174 valence electrons. The van der Waals surface area contributed by atoms with Crippen molar-refractivity contribution in [3.8, 4) is 11.8 Å². The largest absolute Gasteiger partial charge is 0.496 e. The second-order valence-electron chi connectivity index (χ2n) is 9.90. The van der Waals surface area contributed by atoms with Crippen LogP contribution in [0.25, 0.3) is 10.9 Å². The Morgan fingerprint density at radius 1 is 1.39 bits per heavy atom. The second-order valence-corrected chi connectivity index (χ2v) is 9.90. The number of hydrogen-bond acceptors (Lipinski definition) is 5. The van der Waals surface area contributed by atoms with Gasteiger partial charge in [-0.2, -0.15) is 5.26 Å². The van der Waals surface area contributed by atoms with Crippen LogP contribution in [-0.2, 0) is 9.59 Å². The number of nitrogens with one attached hydrogen (secondary N) is 2. The number of ketones is 1. The Hall–Kier alpha value is -3.34. The predicted octanol–water partition coefficient (Wildman–Crippen LogP) is 3.18. The first-order valence-corrected chi connectivity index (χ1v) is 11.4. The average Bonchev–Trinajstić information content (AvgIpc) is 3.48. The van der Waals surface area contributed by atoms with Crippen molar-refractivity contribution in [2.45, 2.75) is 58.0 Å². The summed E-state index contributed by atoms with van der Waals surface area (Å²) in [5.41, 5.74) is 0.923. The fraction of sp³-hybridized carbons (Fsp3) is 0.520. The third-order valence-electron chi connectivity index (χ3n) is 6.78. The van der Waals surface area contributed by atoms with Gasteiger partial charge in [-0.1, -0.05) is 19.9 Å². The van der Waals surface area contributed by atoms with Crippen molar-refractivity contribution in [1.82, 2.24) is 15.2 Å². The molecule has 1 aliphatic carbocycles.